The summed E-state index contributed by atoms with van der Waals surface area (Å²) in [5, 5.41) is 12.4. The topological polar surface area (TPSA) is 39.1 Å². The Morgan fingerprint density at radius 2 is 2.18 bits per heavy atom. The number of nitrogens with zero attached hydrogens (tertiary/aromatic N) is 2. The molecule has 90 valence electrons. The molecule has 1 aliphatic rings. The normalized spacial score (nSPS) is 14.9. The van der Waals surface area contributed by atoms with Crippen molar-refractivity contribution in [2.75, 3.05) is 20.1 Å². The Morgan fingerprint density at radius 3 is 2.88 bits per heavy atom. The van der Waals surface area contributed by atoms with Gasteiger partial charge in [-0.15, -0.1) is 0 Å². The van der Waals surface area contributed by atoms with Crippen LogP contribution in [-0.2, 0) is 6.54 Å². The molecule has 1 N–H and O–H groups in total. The van der Waals surface area contributed by atoms with Crippen LogP contribution in [0.5, 0.6) is 0 Å². The average Bonchev–Trinajstić information content (AvgIpc) is 3.19. The highest BCUT2D eigenvalue weighted by molar-refractivity contribution is 5.37. The summed E-state index contributed by atoms with van der Waals surface area (Å²) in [6, 6.07) is 10.8. The van der Waals surface area contributed by atoms with Crippen LogP contribution in [0.3, 0.4) is 0 Å². The lowest BCUT2D eigenvalue weighted by Gasteiger charge is -2.15. The van der Waals surface area contributed by atoms with Crippen molar-refractivity contribution in [1.82, 2.24) is 10.2 Å². The molecule has 0 aromatic heterocycles. The average molecular weight is 229 g/mol. The molecule has 3 nitrogen and oxygen atoms in total. The Hall–Kier alpha value is -1.37. The van der Waals surface area contributed by atoms with Gasteiger partial charge in [0.05, 0.1) is 11.6 Å². The molecule has 3 heteroatoms. The summed E-state index contributed by atoms with van der Waals surface area (Å²) >= 11 is 0. The van der Waals surface area contributed by atoms with E-state index in [1.807, 2.05) is 24.3 Å². The molecule has 0 unspecified atom stereocenters. The van der Waals surface area contributed by atoms with Crippen LogP contribution in [0.15, 0.2) is 24.3 Å². The highest BCUT2D eigenvalue weighted by Crippen LogP contribution is 2.24. The van der Waals surface area contributed by atoms with Crippen molar-refractivity contribution in [3.63, 3.8) is 0 Å². The molecule has 0 atom stereocenters. The van der Waals surface area contributed by atoms with Crippen LogP contribution in [0.1, 0.15) is 24.0 Å². The summed E-state index contributed by atoms with van der Waals surface area (Å²) in [5.74, 6) is 0. The van der Waals surface area contributed by atoms with Crippen LogP contribution in [0, 0.1) is 11.3 Å². The van der Waals surface area contributed by atoms with E-state index in [9.17, 15) is 0 Å². The van der Waals surface area contributed by atoms with Crippen molar-refractivity contribution < 1.29 is 0 Å². The summed E-state index contributed by atoms with van der Waals surface area (Å²) in [5.41, 5.74) is 1.86. The van der Waals surface area contributed by atoms with Gasteiger partial charge < -0.3 is 10.2 Å². The van der Waals surface area contributed by atoms with E-state index >= 15 is 0 Å². The van der Waals surface area contributed by atoms with Gasteiger partial charge in [-0.25, -0.2) is 0 Å². The van der Waals surface area contributed by atoms with Crippen LogP contribution in [0.2, 0.25) is 0 Å². The fourth-order valence-electron chi connectivity index (χ4n) is 1.96. The fourth-order valence-corrected chi connectivity index (χ4v) is 1.96. The van der Waals surface area contributed by atoms with Crippen LogP contribution in [-0.4, -0.2) is 31.1 Å². The van der Waals surface area contributed by atoms with Crippen LogP contribution < -0.4 is 5.32 Å². The lowest BCUT2D eigenvalue weighted by molar-refractivity contribution is 0.321. The van der Waals surface area contributed by atoms with E-state index in [1.54, 1.807) is 0 Å². The first-order chi connectivity index (χ1) is 8.31. The predicted octanol–water partition coefficient (Wildman–Crippen LogP) is 1.74. The van der Waals surface area contributed by atoms with Crippen molar-refractivity contribution in [1.29, 1.82) is 5.26 Å². The zero-order valence-corrected chi connectivity index (χ0v) is 10.3. The lowest BCUT2D eigenvalue weighted by Crippen LogP contribution is -2.30. The summed E-state index contributed by atoms with van der Waals surface area (Å²) in [6.45, 7) is 2.84. The first kappa shape index (κ1) is 12.1. The molecule has 1 aromatic rings. The summed E-state index contributed by atoms with van der Waals surface area (Å²) in [6.07, 6.45) is 2.71. The van der Waals surface area contributed by atoms with Gasteiger partial charge in [0.2, 0.25) is 0 Å². The number of likely N-dealkylation sites (N-methyl/N-ethyl adjacent to an activating group) is 1. The van der Waals surface area contributed by atoms with Crippen molar-refractivity contribution in [3.05, 3.63) is 35.4 Å². The Bertz CT molecular complexity index is 404. The van der Waals surface area contributed by atoms with E-state index in [0.717, 1.165) is 36.8 Å². The van der Waals surface area contributed by atoms with Crippen LogP contribution in [0.25, 0.3) is 0 Å². The fraction of sp³-hybridized carbons (Fsp3) is 0.500. The summed E-state index contributed by atoms with van der Waals surface area (Å²) < 4.78 is 0. The molecule has 0 bridgehead atoms. The number of benzene rings is 1. The quantitative estimate of drug-likeness (QED) is 0.755. The van der Waals surface area contributed by atoms with E-state index in [0.29, 0.717) is 0 Å². The molecule has 0 aliphatic heterocycles. The van der Waals surface area contributed by atoms with Gasteiger partial charge in [-0.3, -0.25) is 0 Å². The SMILES string of the molecule is CN(CCNCc1ccccc1C#N)C1CC1. The minimum atomic E-state index is 0.774. The molecule has 0 saturated heterocycles. The van der Waals surface area contributed by atoms with E-state index < -0.39 is 0 Å². The van der Waals surface area contributed by atoms with Crippen LogP contribution in [0.4, 0.5) is 0 Å². The van der Waals surface area contributed by atoms with E-state index in [2.05, 4.69) is 23.3 Å². The number of rotatable bonds is 6. The van der Waals surface area contributed by atoms with Gasteiger partial charge in [0.25, 0.3) is 0 Å². The number of nitriles is 1. The summed E-state index contributed by atoms with van der Waals surface area (Å²) in [7, 11) is 2.18. The van der Waals surface area contributed by atoms with Gasteiger partial charge in [-0.1, -0.05) is 18.2 Å². The Kier molecular flexibility index (Phi) is 4.13. The highest BCUT2D eigenvalue weighted by Gasteiger charge is 2.25. The maximum absolute atomic E-state index is 8.96. The van der Waals surface area contributed by atoms with Crippen molar-refractivity contribution in [3.8, 4) is 6.07 Å². The van der Waals surface area contributed by atoms with Gasteiger partial charge in [-0.05, 0) is 31.5 Å². The Morgan fingerprint density at radius 1 is 1.41 bits per heavy atom. The third kappa shape index (κ3) is 3.55. The first-order valence-corrected chi connectivity index (χ1v) is 6.20. The molecule has 1 saturated carbocycles. The largest absolute Gasteiger partial charge is 0.311 e. The number of hydrogen-bond acceptors (Lipinski definition) is 3. The zero-order chi connectivity index (χ0) is 12.1. The highest BCUT2D eigenvalue weighted by atomic mass is 15.2. The standard InChI is InChI=1S/C14H19N3/c1-17(14-6-7-14)9-8-16-11-13-5-3-2-4-12(13)10-15/h2-5,14,16H,6-9,11H2,1H3. The molecule has 0 radical (unpaired) electrons. The monoisotopic (exact) mass is 229 g/mol. The lowest BCUT2D eigenvalue weighted by atomic mass is 10.1. The van der Waals surface area contributed by atoms with Gasteiger partial charge in [0, 0.05) is 25.7 Å². The third-order valence-corrected chi connectivity index (χ3v) is 3.26. The second-order valence-electron chi connectivity index (χ2n) is 4.66. The van der Waals surface area contributed by atoms with Gasteiger partial charge in [0.1, 0.15) is 0 Å². The minimum absolute atomic E-state index is 0.774. The maximum Gasteiger partial charge on any atom is 0.0995 e. The van der Waals surface area contributed by atoms with Gasteiger partial charge in [0.15, 0.2) is 0 Å². The minimum Gasteiger partial charge on any atom is -0.311 e. The first-order valence-electron chi connectivity index (χ1n) is 6.20. The maximum atomic E-state index is 8.96. The second-order valence-corrected chi connectivity index (χ2v) is 4.66. The van der Waals surface area contributed by atoms with E-state index in [1.165, 1.54) is 12.8 Å². The predicted molar refractivity (Wildman–Crippen MR) is 68.5 cm³/mol. The molecule has 2 rings (SSSR count). The van der Waals surface area contributed by atoms with Crippen molar-refractivity contribution in [2.24, 2.45) is 0 Å². The van der Waals surface area contributed by atoms with Crippen LogP contribution >= 0.6 is 0 Å². The molecule has 0 amide bonds. The number of nitrogens with one attached hydrogen (secondary N) is 1. The Labute approximate surface area is 103 Å². The Balaban J connectivity index is 1.72. The molecule has 1 aliphatic carbocycles. The van der Waals surface area contributed by atoms with Gasteiger partial charge in [-0.2, -0.15) is 5.26 Å². The molecule has 1 aromatic carbocycles. The second kappa shape index (κ2) is 5.81. The third-order valence-electron chi connectivity index (χ3n) is 3.26. The number of hydrogen-bond donors (Lipinski definition) is 1. The molecular weight excluding hydrogens is 210 g/mol. The summed E-state index contributed by atoms with van der Waals surface area (Å²) in [4.78, 5) is 2.41. The van der Waals surface area contributed by atoms with Gasteiger partial charge >= 0.3 is 0 Å². The van der Waals surface area contributed by atoms with Crippen molar-refractivity contribution >= 4 is 0 Å². The molecule has 17 heavy (non-hydrogen) atoms. The molecule has 0 spiro atoms. The molecule has 1 fully saturated rings. The molecular formula is C14H19N3. The van der Waals surface area contributed by atoms with E-state index in [-0.39, 0.29) is 0 Å². The molecule has 0 heterocycles. The van der Waals surface area contributed by atoms with E-state index in [4.69, 9.17) is 5.26 Å². The smallest absolute Gasteiger partial charge is 0.0995 e. The zero-order valence-electron chi connectivity index (χ0n) is 10.3. The van der Waals surface area contributed by atoms with Crippen molar-refractivity contribution in [2.45, 2.75) is 25.4 Å².